The van der Waals surface area contributed by atoms with Gasteiger partial charge in [-0.2, -0.15) is 5.10 Å². The number of hydrogen-bond donors (Lipinski definition) is 1. The topological polar surface area (TPSA) is 61.9 Å². The zero-order valence-electron chi connectivity index (χ0n) is 12.2. The van der Waals surface area contributed by atoms with E-state index in [9.17, 15) is 4.79 Å². The van der Waals surface area contributed by atoms with Crippen LogP contribution in [0.15, 0.2) is 18.3 Å². The lowest BCUT2D eigenvalue weighted by atomic mass is 10.1. The highest BCUT2D eigenvalue weighted by molar-refractivity contribution is 6.30. The molecule has 22 heavy (non-hydrogen) atoms. The maximum atomic E-state index is 12.6. The average Bonchev–Trinajstić information content (AvgIpc) is 3.33. The number of fused-ring (bicyclic) bond motifs is 1. The molecule has 4 rings (SSSR count). The largest absolute Gasteiger partial charge is 0.337 e. The van der Waals surface area contributed by atoms with Crippen LogP contribution in [0.5, 0.6) is 0 Å². The van der Waals surface area contributed by atoms with Gasteiger partial charge in [0.1, 0.15) is 5.69 Å². The quantitative estimate of drug-likeness (QED) is 0.926. The van der Waals surface area contributed by atoms with E-state index in [1.807, 2.05) is 4.90 Å². The van der Waals surface area contributed by atoms with Crippen molar-refractivity contribution in [3.63, 3.8) is 0 Å². The lowest BCUT2D eigenvalue weighted by Crippen LogP contribution is -2.34. The SMILES string of the molecule is O=C(c1ccc(Cl)cn1)N1CCc2[nH]nc(C3CC3)c2CC1. The smallest absolute Gasteiger partial charge is 0.272 e. The van der Waals surface area contributed by atoms with Gasteiger partial charge in [-0.1, -0.05) is 11.6 Å². The van der Waals surface area contributed by atoms with E-state index in [4.69, 9.17) is 11.6 Å². The Hall–Kier alpha value is -1.88. The van der Waals surface area contributed by atoms with Crippen LogP contribution in [0.1, 0.15) is 46.2 Å². The second-order valence-corrected chi connectivity index (χ2v) is 6.43. The number of rotatable bonds is 2. The van der Waals surface area contributed by atoms with Gasteiger partial charge in [0.05, 0.1) is 10.7 Å². The molecule has 1 aliphatic heterocycles. The van der Waals surface area contributed by atoms with Gasteiger partial charge in [-0.05, 0) is 37.0 Å². The standard InChI is InChI=1S/C16H17ClN4O/c17-11-3-4-14(18-9-11)16(22)21-7-5-12-13(6-8-21)19-20-15(12)10-1-2-10/h3-4,9-10H,1-2,5-8H2,(H,19,20). The predicted octanol–water partition coefficient (Wildman–Crippen LogP) is 2.58. The Balaban J connectivity index is 1.51. The lowest BCUT2D eigenvalue weighted by Gasteiger charge is -2.19. The van der Waals surface area contributed by atoms with Crippen LogP contribution in [0.3, 0.4) is 0 Å². The third kappa shape index (κ3) is 2.50. The maximum Gasteiger partial charge on any atom is 0.272 e. The molecule has 6 heteroatoms. The number of H-pyrrole nitrogens is 1. The highest BCUT2D eigenvalue weighted by atomic mass is 35.5. The van der Waals surface area contributed by atoms with Gasteiger partial charge >= 0.3 is 0 Å². The van der Waals surface area contributed by atoms with Gasteiger partial charge < -0.3 is 4.90 Å². The summed E-state index contributed by atoms with van der Waals surface area (Å²) in [5, 5.41) is 8.20. The number of aromatic nitrogens is 3. The number of hydrogen-bond acceptors (Lipinski definition) is 3. The van der Waals surface area contributed by atoms with E-state index in [2.05, 4.69) is 15.2 Å². The summed E-state index contributed by atoms with van der Waals surface area (Å²) < 4.78 is 0. The minimum Gasteiger partial charge on any atom is -0.337 e. The molecule has 0 spiro atoms. The summed E-state index contributed by atoms with van der Waals surface area (Å²) in [4.78, 5) is 18.6. The Morgan fingerprint density at radius 2 is 2.09 bits per heavy atom. The minimum absolute atomic E-state index is 0.0252. The van der Waals surface area contributed by atoms with E-state index in [1.54, 1.807) is 12.1 Å². The number of amides is 1. The molecule has 2 aliphatic rings. The van der Waals surface area contributed by atoms with Crippen LogP contribution in [0.4, 0.5) is 0 Å². The summed E-state index contributed by atoms with van der Waals surface area (Å²) in [7, 11) is 0. The van der Waals surface area contributed by atoms with Gasteiger partial charge in [-0.3, -0.25) is 9.89 Å². The molecule has 0 unspecified atom stereocenters. The summed E-state index contributed by atoms with van der Waals surface area (Å²) in [6, 6.07) is 3.39. The normalized spacial score (nSPS) is 18.0. The van der Waals surface area contributed by atoms with E-state index in [-0.39, 0.29) is 5.91 Å². The van der Waals surface area contributed by atoms with Crippen molar-refractivity contribution in [3.8, 4) is 0 Å². The Morgan fingerprint density at radius 1 is 1.27 bits per heavy atom. The predicted molar refractivity (Wildman–Crippen MR) is 83.1 cm³/mol. The Labute approximate surface area is 133 Å². The van der Waals surface area contributed by atoms with Gasteiger partial charge in [-0.15, -0.1) is 0 Å². The monoisotopic (exact) mass is 316 g/mol. The molecule has 1 fully saturated rings. The van der Waals surface area contributed by atoms with Gasteiger partial charge in [0.2, 0.25) is 0 Å². The van der Waals surface area contributed by atoms with Crippen molar-refractivity contribution in [2.75, 3.05) is 13.1 Å². The average molecular weight is 317 g/mol. The Bertz CT molecular complexity index is 705. The molecule has 1 aliphatic carbocycles. The fourth-order valence-electron chi connectivity index (χ4n) is 3.07. The molecule has 1 N–H and O–H groups in total. The summed E-state index contributed by atoms with van der Waals surface area (Å²) >= 11 is 5.83. The van der Waals surface area contributed by atoms with Crippen LogP contribution >= 0.6 is 11.6 Å². The summed E-state index contributed by atoms with van der Waals surface area (Å²) in [5.41, 5.74) is 4.22. The summed E-state index contributed by atoms with van der Waals surface area (Å²) in [6.45, 7) is 1.41. The molecular weight excluding hydrogens is 300 g/mol. The molecule has 2 aromatic heterocycles. The Kier molecular flexibility index (Phi) is 3.37. The summed E-state index contributed by atoms with van der Waals surface area (Å²) in [6.07, 6.45) is 5.71. The molecule has 0 atom stereocenters. The van der Waals surface area contributed by atoms with Crippen molar-refractivity contribution in [1.82, 2.24) is 20.1 Å². The van der Waals surface area contributed by atoms with Crippen molar-refractivity contribution in [1.29, 1.82) is 0 Å². The first-order valence-corrected chi connectivity index (χ1v) is 8.07. The highest BCUT2D eigenvalue weighted by Crippen LogP contribution is 2.41. The fourth-order valence-corrected chi connectivity index (χ4v) is 3.18. The molecule has 5 nitrogen and oxygen atoms in total. The first-order valence-electron chi connectivity index (χ1n) is 7.69. The number of aromatic amines is 1. The van der Waals surface area contributed by atoms with Crippen molar-refractivity contribution in [2.24, 2.45) is 0 Å². The van der Waals surface area contributed by atoms with Crippen LogP contribution in [-0.2, 0) is 12.8 Å². The van der Waals surface area contributed by atoms with Gasteiger partial charge in [-0.25, -0.2) is 4.98 Å². The summed E-state index contributed by atoms with van der Waals surface area (Å²) in [5.74, 6) is 0.614. The Morgan fingerprint density at radius 3 is 2.82 bits per heavy atom. The number of carbonyl (C=O) groups excluding carboxylic acids is 1. The third-order valence-corrected chi connectivity index (χ3v) is 4.67. The molecule has 1 saturated carbocycles. The molecule has 0 aromatic carbocycles. The zero-order valence-corrected chi connectivity index (χ0v) is 12.9. The molecular formula is C16H17ClN4O. The second-order valence-electron chi connectivity index (χ2n) is 5.99. The maximum absolute atomic E-state index is 12.6. The van der Waals surface area contributed by atoms with E-state index >= 15 is 0 Å². The minimum atomic E-state index is -0.0252. The number of halogens is 1. The number of nitrogens with one attached hydrogen (secondary N) is 1. The van der Waals surface area contributed by atoms with Crippen LogP contribution in [0.25, 0.3) is 0 Å². The van der Waals surface area contributed by atoms with E-state index in [1.165, 1.54) is 36.0 Å². The van der Waals surface area contributed by atoms with Gasteiger partial charge in [0.25, 0.3) is 5.91 Å². The fraction of sp³-hybridized carbons (Fsp3) is 0.438. The first-order chi connectivity index (χ1) is 10.7. The third-order valence-electron chi connectivity index (χ3n) is 4.45. The number of carbonyl (C=O) groups is 1. The van der Waals surface area contributed by atoms with E-state index in [0.29, 0.717) is 23.2 Å². The molecule has 0 bridgehead atoms. The van der Waals surface area contributed by atoms with Crippen LogP contribution < -0.4 is 0 Å². The zero-order chi connectivity index (χ0) is 15.1. The van der Waals surface area contributed by atoms with Crippen LogP contribution in [0.2, 0.25) is 5.02 Å². The van der Waals surface area contributed by atoms with E-state index < -0.39 is 0 Å². The van der Waals surface area contributed by atoms with Crippen molar-refractivity contribution >= 4 is 17.5 Å². The number of pyridine rings is 1. The second kappa shape index (κ2) is 5.39. The molecule has 2 aromatic rings. The molecule has 0 saturated heterocycles. The first kappa shape index (κ1) is 13.8. The van der Waals surface area contributed by atoms with Gasteiger partial charge in [0, 0.05) is 37.3 Å². The van der Waals surface area contributed by atoms with Gasteiger partial charge in [0.15, 0.2) is 0 Å². The van der Waals surface area contributed by atoms with Crippen molar-refractivity contribution < 1.29 is 4.79 Å². The number of nitrogens with zero attached hydrogens (tertiary/aromatic N) is 3. The molecule has 0 radical (unpaired) electrons. The van der Waals surface area contributed by atoms with Crippen molar-refractivity contribution in [3.05, 3.63) is 46.0 Å². The van der Waals surface area contributed by atoms with Crippen LogP contribution in [0, 0.1) is 0 Å². The van der Waals surface area contributed by atoms with Crippen LogP contribution in [-0.4, -0.2) is 39.1 Å². The molecule has 3 heterocycles. The molecule has 114 valence electrons. The lowest BCUT2D eigenvalue weighted by molar-refractivity contribution is 0.0757. The highest BCUT2D eigenvalue weighted by Gasteiger charge is 2.31. The molecule has 1 amide bonds. The van der Waals surface area contributed by atoms with Crippen molar-refractivity contribution in [2.45, 2.75) is 31.6 Å². The van der Waals surface area contributed by atoms with E-state index in [0.717, 1.165) is 19.4 Å².